The minimum Gasteiger partial charge on any atom is -0.317 e. The van der Waals surface area contributed by atoms with Gasteiger partial charge in [-0.25, -0.2) is 18.1 Å². The molecule has 1 aliphatic heterocycles. The van der Waals surface area contributed by atoms with Crippen LogP contribution in [0.4, 0.5) is 0 Å². The highest BCUT2D eigenvalue weighted by molar-refractivity contribution is 7.90. The van der Waals surface area contributed by atoms with Gasteiger partial charge in [-0.2, -0.15) is 0 Å². The van der Waals surface area contributed by atoms with Crippen LogP contribution >= 0.6 is 11.3 Å². The van der Waals surface area contributed by atoms with Gasteiger partial charge in [-0.15, -0.1) is 11.3 Å². The summed E-state index contributed by atoms with van der Waals surface area (Å²) in [6.45, 7) is 1.86. The van der Waals surface area contributed by atoms with Crippen molar-refractivity contribution < 1.29 is 8.42 Å². The van der Waals surface area contributed by atoms with Crippen LogP contribution < -0.4 is 10.0 Å². The number of hydrogen-bond donors (Lipinski definition) is 2. The minimum atomic E-state index is -3.18. The summed E-state index contributed by atoms with van der Waals surface area (Å²) in [5.41, 5.74) is 2.48. The van der Waals surface area contributed by atoms with Crippen molar-refractivity contribution in [3.05, 3.63) is 16.6 Å². The van der Waals surface area contributed by atoms with Gasteiger partial charge in [0.1, 0.15) is 0 Å². The Morgan fingerprint density at radius 2 is 2.25 bits per heavy atom. The maximum Gasteiger partial charge on any atom is 0.214 e. The van der Waals surface area contributed by atoms with Crippen molar-refractivity contribution in [1.29, 1.82) is 0 Å². The number of nitrogens with zero attached hydrogens (tertiary/aromatic N) is 1. The van der Waals surface area contributed by atoms with Crippen LogP contribution in [0.25, 0.3) is 0 Å². The zero-order valence-electron chi connectivity index (χ0n) is 8.85. The Hall–Kier alpha value is -0.500. The first-order chi connectivity index (χ1) is 7.68. The maximum absolute atomic E-state index is 11.9. The van der Waals surface area contributed by atoms with E-state index in [0.717, 1.165) is 18.8 Å². The molecular weight excluding hydrogens is 246 g/mol. The predicted octanol–water partition coefficient (Wildman–Crippen LogP) is 0.314. The summed E-state index contributed by atoms with van der Waals surface area (Å²) in [7, 11) is -3.18. The highest BCUT2D eigenvalue weighted by atomic mass is 32.2. The van der Waals surface area contributed by atoms with Gasteiger partial charge >= 0.3 is 0 Å². The van der Waals surface area contributed by atoms with Gasteiger partial charge in [-0.3, -0.25) is 0 Å². The fourth-order valence-electron chi connectivity index (χ4n) is 1.72. The first kappa shape index (κ1) is 12.0. The van der Waals surface area contributed by atoms with Crippen LogP contribution in [0.15, 0.2) is 10.9 Å². The zero-order chi connectivity index (χ0) is 11.4. The molecule has 1 aromatic heterocycles. The quantitative estimate of drug-likeness (QED) is 0.818. The van der Waals surface area contributed by atoms with Crippen LogP contribution in [0.3, 0.4) is 0 Å². The molecule has 0 saturated carbocycles. The molecule has 1 aliphatic rings. The molecule has 0 atom stereocenters. The second-order valence-electron chi connectivity index (χ2n) is 3.80. The number of aromatic nitrogens is 1. The van der Waals surface area contributed by atoms with E-state index >= 15 is 0 Å². The van der Waals surface area contributed by atoms with E-state index in [4.69, 9.17) is 0 Å². The van der Waals surface area contributed by atoms with Gasteiger partial charge in [0.05, 0.1) is 23.0 Å². The van der Waals surface area contributed by atoms with Gasteiger partial charge < -0.3 is 5.32 Å². The number of rotatable bonds is 4. The molecule has 1 aromatic rings. The highest BCUT2D eigenvalue weighted by Crippen LogP contribution is 2.12. The molecule has 1 fully saturated rings. The van der Waals surface area contributed by atoms with E-state index in [9.17, 15) is 8.42 Å². The molecule has 0 radical (unpaired) electrons. The largest absolute Gasteiger partial charge is 0.317 e. The number of piperidine rings is 1. The van der Waals surface area contributed by atoms with E-state index in [1.54, 1.807) is 5.51 Å². The van der Waals surface area contributed by atoms with E-state index < -0.39 is 10.0 Å². The molecule has 16 heavy (non-hydrogen) atoms. The first-order valence-corrected chi connectivity index (χ1v) is 7.73. The van der Waals surface area contributed by atoms with Crippen LogP contribution in [-0.4, -0.2) is 31.7 Å². The molecule has 0 amide bonds. The van der Waals surface area contributed by atoms with E-state index in [-0.39, 0.29) is 5.25 Å². The Balaban J connectivity index is 1.91. The predicted molar refractivity (Wildman–Crippen MR) is 63.8 cm³/mol. The molecule has 2 heterocycles. The lowest BCUT2D eigenvalue weighted by Gasteiger charge is -2.22. The van der Waals surface area contributed by atoms with Crippen molar-refractivity contribution in [2.75, 3.05) is 13.1 Å². The normalized spacial score (nSPS) is 18.8. The molecule has 5 nitrogen and oxygen atoms in total. The Labute approximate surface area is 99.3 Å². The molecule has 0 unspecified atom stereocenters. The molecular formula is C9H15N3O2S2. The van der Waals surface area contributed by atoms with Crippen molar-refractivity contribution in [3.8, 4) is 0 Å². The fraction of sp³-hybridized carbons (Fsp3) is 0.667. The summed E-state index contributed by atoms with van der Waals surface area (Å²) >= 11 is 1.47. The molecule has 0 aliphatic carbocycles. The van der Waals surface area contributed by atoms with Crippen molar-refractivity contribution in [2.24, 2.45) is 0 Å². The van der Waals surface area contributed by atoms with Crippen molar-refractivity contribution in [1.82, 2.24) is 15.0 Å². The molecule has 7 heteroatoms. The number of thiazole rings is 1. The van der Waals surface area contributed by atoms with Gasteiger partial charge in [0.15, 0.2) is 0 Å². The Morgan fingerprint density at radius 3 is 2.88 bits per heavy atom. The van der Waals surface area contributed by atoms with Crippen molar-refractivity contribution in [3.63, 3.8) is 0 Å². The molecule has 1 saturated heterocycles. The Bertz CT molecular complexity index is 410. The summed E-state index contributed by atoms with van der Waals surface area (Å²) in [6, 6.07) is 0. The second kappa shape index (κ2) is 5.22. The standard InChI is InChI=1S/C9H15N3O2S2/c13-16(14,9-1-3-10-4-2-9)12-5-8-6-15-7-11-8/h6-7,9-10,12H,1-5H2. The number of sulfonamides is 1. The number of nitrogens with one attached hydrogen (secondary N) is 2. The lowest BCUT2D eigenvalue weighted by molar-refractivity contribution is 0.489. The topological polar surface area (TPSA) is 71.1 Å². The van der Waals surface area contributed by atoms with E-state index in [1.165, 1.54) is 11.3 Å². The Morgan fingerprint density at radius 1 is 1.50 bits per heavy atom. The van der Waals surface area contributed by atoms with Crippen molar-refractivity contribution >= 4 is 21.4 Å². The van der Waals surface area contributed by atoms with Crippen molar-refractivity contribution in [2.45, 2.75) is 24.6 Å². The van der Waals surface area contributed by atoms with Crippen LogP contribution in [0.2, 0.25) is 0 Å². The molecule has 0 bridgehead atoms. The van der Waals surface area contributed by atoms with Crippen LogP contribution in [0.5, 0.6) is 0 Å². The van der Waals surface area contributed by atoms with Gasteiger partial charge in [0.25, 0.3) is 0 Å². The van der Waals surface area contributed by atoms with Gasteiger partial charge in [-0.1, -0.05) is 0 Å². The van der Waals surface area contributed by atoms with Crippen LogP contribution in [0.1, 0.15) is 18.5 Å². The molecule has 0 aromatic carbocycles. The summed E-state index contributed by atoms with van der Waals surface area (Å²) in [5.74, 6) is 0. The first-order valence-electron chi connectivity index (χ1n) is 5.25. The lowest BCUT2D eigenvalue weighted by atomic mass is 10.2. The third-order valence-electron chi connectivity index (χ3n) is 2.66. The van der Waals surface area contributed by atoms with Gasteiger partial charge in [-0.05, 0) is 25.9 Å². The maximum atomic E-state index is 11.9. The summed E-state index contributed by atoms with van der Waals surface area (Å²) in [5, 5.41) is 4.75. The summed E-state index contributed by atoms with van der Waals surface area (Å²) < 4.78 is 26.5. The third kappa shape index (κ3) is 3.00. The van der Waals surface area contributed by atoms with Gasteiger partial charge in [0, 0.05) is 5.38 Å². The zero-order valence-corrected chi connectivity index (χ0v) is 10.5. The minimum absolute atomic E-state index is 0.257. The lowest BCUT2D eigenvalue weighted by Crippen LogP contribution is -2.41. The third-order valence-corrected chi connectivity index (χ3v) is 5.19. The SMILES string of the molecule is O=S(=O)(NCc1cscn1)C1CCNCC1. The average Bonchev–Trinajstić information content (AvgIpc) is 2.81. The average molecular weight is 261 g/mol. The number of hydrogen-bond acceptors (Lipinski definition) is 5. The highest BCUT2D eigenvalue weighted by Gasteiger charge is 2.26. The molecule has 0 spiro atoms. The summed E-state index contributed by atoms with van der Waals surface area (Å²) in [4.78, 5) is 4.04. The van der Waals surface area contributed by atoms with Crippen LogP contribution in [-0.2, 0) is 16.6 Å². The van der Waals surface area contributed by atoms with E-state index in [0.29, 0.717) is 19.4 Å². The van der Waals surface area contributed by atoms with Gasteiger partial charge in [0.2, 0.25) is 10.0 Å². The Kier molecular flexibility index (Phi) is 3.91. The molecule has 90 valence electrons. The molecule has 2 N–H and O–H groups in total. The van der Waals surface area contributed by atoms with E-state index in [1.807, 2.05) is 5.38 Å². The van der Waals surface area contributed by atoms with Crippen LogP contribution in [0, 0.1) is 0 Å². The second-order valence-corrected chi connectivity index (χ2v) is 6.56. The fourth-order valence-corrected chi connectivity index (χ4v) is 3.72. The smallest absolute Gasteiger partial charge is 0.214 e. The van der Waals surface area contributed by atoms with E-state index in [2.05, 4.69) is 15.0 Å². The summed E-state index contributed by atoms with van der Waals surface area (Å²) in [6.07, 6.45) is 1.37. The monoisotopic (exact) mass is 261 g/mol. The molecule has 2 rings (SSSR count).